The number of nitrogens with two attached hydrogens (primary N) is 1. The first kappa shape index (κ1) is 14.5. The molecule has 0 atom stereocenters. The zero-order valence-corrected chi connectivity index (χ0v) is 12.2. The fourth-order valence-electron chi connectivity index (χ4n) is 1.82. The molecule has 0 amide bonds. The number of benzene rings is 1. The second-order valence-electron chi connectivity index (χ2n) is 4.63. The maximum Gasteiger partial charge on any atom is 0.279 e. The number of sulfonamides is 1. The summed E-state index contributed by atoms with van der Waals surface area (Å²) in [6.45, 7) is 4.14. The molecule has 0 spiro atoms. The summed E-state index contributed by atoms with van der Waals surface area (Å²) in [5.74, 6) is 0. The molecule has 2 aromatic rings. The van der Waals surface area contributed by atoms with Crippen LogP contribution in [-0.2, 0) is 16.6 Å². The van der Waals surface area contributed by atoms with Crippen molar-refractivity contribution >= 4 is 15.7 Å². The SMILES string of the molecule is Cc1ccc(NS(=O)(=O)c2ccc(CN)cn2)c(C)c1. The highest BCUT2D eigenvalue weighted by Crippen LogP contribution is 2.19. The average molecular weight is 291 g/mol. The molecule has 1 aromatic carbocycles. The summed E-state index contributed by atoms with van der Waals surface area (Å²) in [4.78, 5) is 3.93. The average Bonchev–Trinajstić information content (AvgIpc) is 2.42. The first-order valence-corrected chi connectivity index (χ1v) is 7.66. The van der Waals surface area contributed by atoms with Crippen LogP contribution in [0.25, 0.3) is 0 Å². The number of hydrogen-bond acceptors (Lipinski definition) is 4. The van der Waals surface area contributed by atoms with E-state index >= 15 is 0 Å². The van der Waals surface area contributed by atoms with Crippen molar-refractivity contribution in [2.24, 2.45) is 5.73 Å². The van der Waals surface area contributed by atoms with Gasteiger partial charge in [-0.1, -0.05) is 23.8 Å². The van der Waals surface area contributed by atoms with E-state index in [-0.39, 0.29) is 5.03 Å². The number of hydrogen-bond donors (Lipinski definition) is 2. The maximum atomic E-state index is 12.2. The minimum absolute atomic E-state index is 0.0188. The fraction of sp³-hybridized carbons (Fsp3) is 0.214. The molecular formula is C14H17N3O2S. The topological polar surface area (TPSA) is 85.1 Å². The largest absolute Gasteiger partial charge is 0.326 e. The van der Waals surface area contributed by atoms with Gasteiger partial charge in [0.2, 0.25) is 0 Å². The Bertz CT molecular complexity index is 710. The molecule has 0 unspecified atom stereocenters. The normalized spacial score (nSPS) is 11.3. The third-order valence-electron chi connectivity index (χ3n) is 2.93. The zero-order chi connectivity index (χ0) is 14.8. The van der Waals surface area contributed by atoms with E-state index in [4.69, 9.17) is 5.73 Å². The lowest BCUT2D eigenvalue weighted by Gasteiger charge is -2.10. The molecule has 0 fully saturated rings. The Morgan fingerprint density at radius 1 is 1.20 bits per heavy atom. The van der Waals surface area contributed by atoms with Gasteiger partial charge in [0, 0.05) is 12.7 Å². The van der Waals surface area contributed by atoms with E-state index in [1.165, 1.54) is 12.3 Å². The van der Waals surface area contributed by atoms with Gasteiger partial charge in [-0.15, -0.1) is 0 Å². The van der Waals surface area contributed by atoms with Gasteiger partial charge >= 0.3 is 0 Å². The van der Waals surface area contributed by atoms with Gasteiger partial charge in [0.1, 0.15) is 0 Å². The summed E-state index contributed by atoms with van der Waals surface area (Å²) in [6, 6.07) is 8.63. The van der Waals surface area contributed by atoms with E-state index in [2.05, 4.69) is 9.71 Å². The van der Waals surface area contributed by atoms with Crippen molar-refractivity contribution in [3.63, 3.8) is 0 Å². The third-order valence-corrected chi connectivity index (χ3v) is 4.22. The van der Waals surface area contributed by atoms with Crippen molar-refractivity contribution in [2.45, 2.75) is 25.4 Å². The molecule has 0 bridgehead atoms. The van der Waals surface area contributed by atoms with E-state index in [1.807, 2.05) is 26.0 Å². The monoisotopic (exact) mass is 291 g/mol. The van der Waals surface area contributed by atoms with Crippen LogP contribution in [0.3, 0.4) is 0 Å². The van der Waals surface area contributed by atoms with Crippen molar-refractivity contribution in [1.29, 1.82) is 0 Å². The number of pyridine rings is 1. The minimum atomic E-state index is -3.68. The predicted molar refractivity (Wildman–Crippen MR) is 78.9 cm³/mol. The third kappa shape index (κ3) is 3.15. The van der Waals surface area contributed by atoms with Crippen LogP contribution in [0.15, 0.2) is 41.6 Å². The molecule has 106 valence electrons. The lowest BCUT2D eigenvalue weighted by Crippen LogP contribution is -2.15. The molecule has 0 saturated heterocycles. The molecule has 2 rings (SSSR count). The number of nitrogens with one attached hydrogen (secondary N) is 1. The van der Waals surface area contributed by atoms with Gasteiger partial charge in [-0.3, -0.25) is 4.72 Å². The summed E-state index contributed by atoms with van der Waals surface area (Å²) >= 11 is 0. The Morgan fingerprint density at radius 3 is 2.50 bits per heavy atom. The Balaban J connectivity index is 2.30. The number of rotatable bonds is 4. The van der Waals surface area contributed by atoms with Crippen LogP contribution in [0.5, 0.6) is 0 Å². The highest BCUT2D eigenvalue weighted by molar-refractivity contribution is 7.92. The van der Waals surface area contributed by atoms with Gasteiger partial charge in [0.15, 0.2) is 5.03 Å². The first-order valence-electron chi connectivity index (χ1n) is 6.17. The van der Waals surface area contributed by atoms with E-state index in [0.717, 1.165) is 16.7 Å². The van der Waals surface area contributed by atoms with Crippen LogP contribution < -0.4 is 10.5 Å². The Morgan fingerprint density at radius 2 is 1.95 bits per heavy atom. The van der Waals surface area contributed by atoms with Crippen molar-refractivity contribution in [2.75, 3.05) is 4.72 Å². The molecule has 6 heteroatoms. The highest BCUT2D eigenvalue weighted by Gasteiger charge is 2.16. The Kier molecular flexibility index (Phi) is 4.06. The second kappa shape index (κ2) is 5.60. The highest BCUT2D eigenvalue weighted by atomic mass is 32.2. The summed E-state index contributed by atoms with van der Waals surface area (Å²) in [6.07, 6.45) is 1.47. The van der Waals surface area contributed by atoms with E-state index < -0.39 is 10.0 Å². The lowest BCUT2D eigenvalue weighted by molar-refractivity contribution is 0.597. The summed E-state index contributed by atoms with van der Waals surface area (Å²) in [5.41, 5.74) is 8.75. The van der Waals surface area contributed by atoms with Crippen LogP contribution in [0, 0.1) is 13.8 Å². The van der Waals surface area contributed by atoms with Gasteiger partial charge in [-0.25, -0.2) is 4.98 Å². The van der Waals surface area contributed by atoms with Crippen molar-refractivity contribution in [1.82, 2.24) is 4.98 Å². The van der Waals surface area contributed by atoms with E-state index in [1.54, 1.807) is 12.1 Å². The fourth-order valence-corrected chi connectivity index (χ4v) is 2.88. The zero-order valence-electron chi connectivity index (χ0n) is 11.4. The molecule has 0 aliphatic carbocycles. The number of nitrogens with zero attached hydrogens (tertiary/aromatic N) is 1. The molecule has 1 heterocycles. The molecule has 0 aliphatic rings. The minimum Gasteiger partial charge on any atom is -0.326 e. The van der Waals surface area contributed by atoms with Crippen LogP contribution in [0.1, 0.15) is 16.7 Å². The van der Waals surface area contributed by atoms with Gasteiger partial charge in [-0.2, -0.15) is 8.42 Å². The molecule has 0 saturated carbocycles. The lowest BCUT2D eigenvalue weighted by atomic mass is 10.1. The maximum absolute atomic E-state index is 12.2. The molecule has 5 nitrogen and oxygen atoms in total. The van der Waals surface area contributed by atoms with E-state index in [9.17, 15) is 8.42 Å². The summed E-state index contributed by atoms with van der Waals surface area (Å²) in [5, 5.41) is -0.0188. The second-order valence-corrected chi connectivity index (χ2v) is 6.26. The van der Waals surface area contributed by atoms with Gasteiger partial charge in [0.25, 0.3) is 10.0 Å². The Labute approximate surface area is 118 Å². The molecular weight excluding hydrogens is 274 g/mol. The van der Waals surface area contributed by atoms with Crippen molar-refractivity contribution < 1.29 is 8.42 Å². The number of aromatic nitrogens is 1. The number of anilines is 1. The van der Waals surface area contributed by atoms with Gasteiger partial charge in [0.05, 0.1) is 5.69 Å². The predicted octanol–water partition coefficient (Wildman–Crippen LogP) is 1.96. The van der Waals surface area contributed by atoms with Crippen LogP contribution in [0.4, 0.5) is 5.69 Å². The van der Waals surface area contributed by atoms with Gasteiger partial charge < -0.3 is 5.73 Å². The summed E-state index contributed by atoms with van der Waals surface area (Å²) in [7, 11) is -3.68. The van der Waals surface area contributed by atoms with Crippen LogP contribution >= 0.6 is 0 Å². The molecule has 0 radical (unpaired) electrons. The van der Waals surface area contributed by atoms with E-state index in [0.29, 0.717) is 12.2 Å². The first-order chi connectivity index (χ1) is 9.42. The molecule has 0 aliphatic heterocycles. The van der Waals surface area contributed by atoms with Crippen molar-refractivity contribution in [3.8, 4) is 0 Å². The van der Waals surface area contributed by atoms with Crippen LogP contribution in [-0.4, -0.2) is 13.4 Å². The van der Waals surface area contributed by atoms with Crippen molar-refractivity contribution in [3.05, 3.63) is 53.2 Å². The quantitative estimate of drug-likeness (QED) is 0.901. The standard InChI is InChI=1S/C14H17N3O2S/c1-10-3-5-13(11(2)7-10)17-20(18,19)14-6-4-12(8-15)9-16-14/h3-7,9,17H,8,15H2,1-2H3. The Hall–Kier alpha value is -1.92. The smallest absolute Gasteiger partial charge is 0.279 e. The van der Waals surface area contributed by atoms with Crippen LogP contribution in [0.2, 0.25) is 0 Å². The molecule has 20 heavy (non-hydrogen) atoms. The summed E-state index contributed by atoms with van der Waals surface area (Å²) < 4.78 is 27.0. The molecule has 1 aromatic heterocycles. The number of aryl methyl sites for hydroxylation is 2. The molecule has 3 N–H and O–H groups in total. The van der Waals surface area contributed by atoms with Gasteiger partial charge in [-0.05, 0) is 37.1 Å².